The molecule has 0 saturated heterocycles. The zero-order chi connectivity index (χ0) is 16.5. The molecule has 22 heavy (non-hydrogen) atoms. The van der Waals surface area contributed by atoms with Crippen LogP contribution in [-0.2, 0) is 14.3 Å². The maximum Gasteiger partial charge on any atom is 0.313 e. The standard InChI is InChI=1S/C15H20F2N2O3/c1-3-4-6-10(9-22-2)18-14(20)15(21)19-13-11(16)7-5-8-12(13)17/h5,7-8,10H,3-4,6,9H2,1-2H3,(H,18,20)(H,19,21). The van der Waals surface area contributed by atoms with Crippen molar-refractivity contribution in [1.82, 2.24) is 5.32 Å². The number of ether oxygens (including phenoxy) is 1. The van der Waals surface area contributed by atoms with Crippen LogP contribution in [0.5, 0.6) is 0 Å². The van der Waals surface area contributed by atoms with Gasteiger partial charge in [-0.15, -0.1) is 0 Å². The molecular formula is C15H20F2N2O3. The van der Waals surface area contributed by atoms with Gasteiger partial charge >= 0.3 is 11.8 Å². The fraction of sp³-hybridized carbons (Fsp3) is 0.467. The van der Waals surface area contributed by atoms with Gasteiger partial charge in [-0.25, -0.2) is 8.78 Å². The van der Waals surface area contributed by atoms with Gasteiger partial charge in [0.2, 0.25) is 0 Å². The van der Waals surface area contributed by atoms with Crippen LogP contribution in [0.2, 0.25) is 0 Å². The van der Waals surface area contributed by atoms with Gasteiger partial charge in [0.05, 0.1) is 12.6 Å². The number of rotatable bonds is 7. The first-order valence-electron chi connectivity index (χ1n) is 7.04. The molecule has 0 saturated carbocycles. The van der Waals surface area contributed by atoms with E-state index >= 15 is 0 Å². The number of methoxy groups -OCH3 is 1. The molecule has 0 aliphatic carbocycles. The molecule has 1 rings (SSSR count). The topological polar surface area (TPSA) is 67.4 Å². The number of carbonyl (C=O) groups excluding carboxylic acids is 2. The molecule has 0 aliphatic rings. The predicted octanol–water partition coefficient (Wildman–Crippen LogP) is 2.22. The van der Waals surface area contributed by atoms with Crippen molar-refractivity contribution in [3.8, 4) is 0 Å². The third kappa shape index (κ3) is 5.40. The second-order valence-corrected chi connectivity index (χ2v) is 4.82. The van der Waals surface area contributed by atoms with Crippen LogP contribution in [0.1, 0.15) is 26.2 Å². The Bertz CT molecular complexity index is 503. The summed E-state index contributed by atoms with van der Waals surface area (Å²) in [6, 6.07) is 2.82. The van der Waals surface area contributed by atoms with Crippen molar-refractivity contribution in [2.75, 3.05) is 19.0 Å². The first kappa shape index (κ1) is 18.0. The number of carbonyl (C=O) groups is 2. The van der Waals surface area contributed by atoms with E-state index in [1.165, 1.54) is 13.2 Å². The summed E-state index contributed by atoms with van der Waals surface area (Å²) in [7, 11) is 1.49. The van der Waals surface area contributed by atoms with E-state index < -0.39 is 29.1 Å². The lowest BCUT2D eigenvalue weighted by Gasteiger charge is -2.17. The summed E-state index contributed by atoms with van der Waals surface area (Å²) >= 11 is 0. The van der Waals surface area contributed by atoms with Crippen LogP contribution in [0.4, 0.5) is 14.5 Å². The summed E-state index contributed by atoms with van der Waals surface area (Å²) < 4.78 is 31.8. The van der Waals surface area contributed by atoms with Gasteiger partial charge in [0.15, 0.2) is 0 Å². The second kappa shape index (κ2) is 9.09. The monoisotopic (exact) mass is 314 g/mol. The number of hydrogen-bond donors (Lipinski definition) is 2. The average molecular weight is 314 g/mol. The number of benzene rings is 1. The Balaban J connectivity index is 2.66. The minimum Gasteiger partial charge on any atom is -0.383 e. The molecule has 5 nitrogen and oxygen atoms in total. The Kier molecular flexibility index (Phi) is 7.45. The Morgan fingerprint density at radius 3 is 2.41 bits per heavy atom. The van der Waals surface area contributed by atoms with Gasteiger partial charge in [-0.1, -0.05) is 25.8 Å². The van der Waals surface area contributed by atoms with Gasteiger partial charge in [0.1, 0.15) is 17.3 Å². The minimum atomic E-state index is -1.12. The van der Waals surface area contributed by atoms with Crippen LogP contribution in [-0.4, -0.2) is 31.6 Å². The fourth-order valence-corrected chi connectivity index (χ4v) is 1.89. The molecule has 2 amide bonds. The average Bonchev–Trinajstić information content (AvgIpc) is 2.48. The van der Waals surface area contributed by atoms with Gasteiger partial charge in [-0.3, -0.25) is 9.59 Å². The molecule has 122 valence electrons. The molecule has 0 radical (unpaired) electrons. The van der Waals surface area contributed by atoms with Gasteiger partial charge in [-0.2, -0.15) is 0 Å². The molecular weight excluding hydrogens is 294 g/mol. The molecule has 7 heteroatoms. The molecule has 1 unspecified atom stereocenters. The number of unbranched alkanes of at least 4 members (excludes halogenated alkanes) is 1. The van der Waals surface area contributed by atoms with Crippen LogP contribution < -0.4 is 10.6 Å². The molecule has 0 bridgehead atoms. The van der Waals surface area contributed by atoms with Crippen LogP contribution in [0.15, 0.2) is 18.2 Å². The van der Waals surface area contributed by atoms with Crippen molar-refractivity contribution in [1.29, 1.82) is 0 Å². The van der Waals surface area contributed by atoms with Crippen molar-refractivity contribution in [3.05, 3.63) is 29.8 Å². The highest BCUT2D eigenvalue weighted by Gasteiger charge is 2.21. The maximum atomic E-state index is 13.4. The first-order chi connectivity index (χ1) is 10.5. The molecule has 0 fully saturated rings. The van der Waals surface area contributed by atoms with Crippen molar-refractivity contribution in [2.45, 2.75) is 32.2 Å². The predicted molar refractivity (Wildman–Crippen MR) is 78.3 cm³/mol. The van der Waals surface area contributed by atoms with E-state index in [1.807, 2.05) is 12.2 Å². The van der Waals surface area contributed by atoms with E-state index in [4.69, 9.17) is 4.74 Å². The quantitative estimate of drug-likeness (QED) is 0.758. The van der Waals surface area contributed by atoms with Crippen molar-refractivity contribution in [3.63, 3.8) is 0 Å². The molecule has 1 atom stereocenters. The van der Waals surface area contributed by atoms with Crippen molar-refractivity contribution in [2.24, 2.45) is 0 Å². The molecule has 1 aromatic rings. The Hall–Kier alpha value is -2.02. The smallest absolute Gasteiger partial charge is 0.313 e. The Labute approximate surface area is 128 Å². The zero-order valence-corrected chi connectivity index (χ0v) is 12.6. The highest BCUT2D eigenvalue weighted by molar-refractivity contribution is 6.39. The van der Waals surface area contributed by atoms with Crippen LogP contribution in [0, 0.1) is 11.6 Å². The van der Waals surface area contributed by atoms with Crippen molar-refractivity contribution < 1.29 is 23.1 Å². The molecule has 0 aromatic heterocycles. The molecule has 2 N–H and O–H groups in total. The van der Waals surface area contributed by atoms with E-state index in [-0.39, 0.29) is 12.6 Å². The van der Waals surface area contributed by atoms with Gasteiger partial charge < -0.3 is 15.4 Å². The molecule has 1 aromatic carbocycles. The third-order valence-electron chi connectivity index (χ3n) is 3.02. The normalized spacial score (nSPS) is 11.8. The number of amides is 2. The van der Waals surface area contributed by atoms with E-state index in [2.05, 4.69) is 5.32 Å². The second-order valence-electron chi connectivity index (χ2n) is 4.82. The van der Waals surface area contributed by atoms with E-state index in [0.717, 1.165) is 25.0 Å². The summed E-state index contributed by atoms with van der Waals surface area (Å²) in [4.78, 5) is 23.5. The lowest BCUT2D eigenvalue weighted by Crippen LogP contribution is -2.44. The van der Waals surface area contributed by atoms with E-state index in [1.54, 1.807) is 0 Å². The molecule has 0 heterocycles. The largest absolute Gasteiger partial charge is 0.383 e. The highest BCUT2D eigenvalue weighted by atomic mass is 19.1. The van der Waals surface area contributed by atoms with Gasteiger partial charge in [0, 0.05) is 7.11 Å². The number of anilines is 1. The highest BCUT2D eigenvalue weighted by Crippen LogP contribution is 2.17. The summed E-state index contributed by atoms with van der Waals surface area (Å²) in [5, 5.41) is 4.43. The molecule has 0 aliphatic heterocycles. The van der Waals surface area contributed by atoms with Crippen LogP contribution >= 0.6 is 0 Å². The van der Waals surface area contributed by atoms with E-state index in [0.29, 0.717) is 6.42 Å². The lowest BCUT2D eigenvalue weighted by atomic mass is 10.1. The summed E-state index contributed by atoms with van der Waals surface area (Å²) in [5.74, 6) is -3.97. The number of hydrogen-bond acceptors (Lipinski definition) is 3. The molecule has 0 spiro atoms. The third-order valence-corrected chi connectivity index (χ3v) is 3.02. The van der Waals surface area contributed by atoms with E-state index in [9.17, 15) is 18.4 Å². The summed E-state index contributed by atoms with van der Waals surface area (Å²) in [6.07, 6.45) is 2.44. The number of nitrogens with one attached hydrogen (secondary N) is 2. The number of halogens is 2. The Morgan fingerprint density at radius 2 is 1.86 bits per heavy atom. The van der Waals surface area contributed by atoms with Gasteiger partial charge in [0.25, 0.3) is 0 Å². The van der Waals surface area contributed by atoms with Crippen molar-refractivity contribution >= 4 is 17.5 Å². The van der Waals surface area contributed by atoms with Crippen LogP contribution in [0.25, 0.3) is 0 Å². The fourth-order valence-electron chi connectivity index (χ4n) is 1.89. The lowest BCUT2D eigenvalue weighted by molar-refractivity contribution is -0.136. The van der Waals surface area contributed by atoms with Crippen LogP contribution in [0.3, 0.4) is 0 Å². The van der Waals surface area contributed by atoms with Gasteiger partial charge in [-0.05, 0) is 18.6 Å². The Morgan fingerprint density at radius 1 is 1.23 bits per heavy atom. The number of para-hydroxylation sites is 1. The first-order valence-corrected chi connectivity index (χ1v) is 7.04. The summed E-state index contributed by atoms with van der Waals surface area (Å²) in [6.45, 7) is 2.26. The SMILES string of the molecule is CCCCC(COC)NC(=O)C(=O)Nc1c(F)cccc1F. The maximum absolute atomic E-state index is 13.4. The minimum absolute atomic E-state index is 0.257. The zero-order valence-electron chi connectivity index (χ0n) is 12.6. The summed E-state index contributed by atoms with van der Waals surface area (Å²) in [5.41, 5.74) is -0.639.